The van der Waals surface area contributed by atoms with Crippen molar-refractivity contribution in [3.8, 4) is 5.69 Å². The first kappa shape index (κ1) is 23.3. The molecule has 2 N–H and O–H groups in total. The van der Waals surface area contributed by atoms with Crippen LogP contribution in [0.3, 0.4) is 0 Å². The van der Waals surface area contributed by atoms with E-state index in [0.29, 0.717) is 10.2 Å². The molecular formula is C20H22ClN5O3S2. The third kappa shape index (κ3) is 6.30. The van der Waals surface area contributed by atoms with E-state index in [9.17, 15) is 13.2 Å². The van der Waals surface area contributed by atoms with Crippen LogP contribution in [0.15, 0.2) is 64.9 Å². The molecule has 11 heteroatoms. The lowest BCUT2D eigenvalue weighted by molar-refractivity contribution is -0.118. The molecule has 2 aromatic carbocycles. The summed E-state index contributed by atoms with van der Waals surface area (Å²) in [5.41, 5.74) is 2.13. The SMILES string of the molecule is CCc1ccccc1-n1cnnc1SCC(=O)NCCNS(=O)(=O)c1cccc(Cl)c1. The smallest absolute Gasteiger partial charge is 0.240 e. The first-order valence-electron chi connectivity index (χ1n) is 9.53. The number of hydrogen-bond acceptors (Lipinski definition) is 6. The normalized spacial score (nSPS) is 11.4. The monoisotopic (exact) mass is 479 g/mol. The molecule has 0 unspecified atom stereocenters. The van der Waals surface area contributed by atoms with Gasteiger partial charge in [-0.05, 0) is 36.2 Å². The first-order chi connectivity index (χ1) is 14.9. The van der Waals surface area contributed by atoms with E-state index in [2.05, 4.69) is 27.2 Å². The van der Waals surface area contributed by atoms with Crippen molar-refractivity contribution in [3.05, 3.63) is 65.4 Å². The summed E-state index contributed by atoms with van der Waals surface area (Å²) in [5, 5.41) is 11.7. The summed E-state index contributed by atoms with van der Waals surface area (Å²) in [4.78, 5) is 12.2. The van der Waals surface area contributed by atoms with Crippen LogP contribution in [-0.2, 0) is 21.2 Å². The van der Waals surface area contributed by atoms with Gasteiger partial charge in [0.1, 0.15) is 6.33 Å². The highest BCUT2D eigenvalue weighted by Crippen LogP contribution is 2.22. The van der Waals surface area contributed by atoms with E-state index >= 15 is 0 Å². The fourth-order valence-electron chi connectivity index (χ4n) is 2.82. The van der Waals surface area contributed by atoms with E-state index in [1.165, 1.54) is 23.9 Å². The summed E-state index contributed by atoms with van der Waals surface area (Å²) in [7, 11) is -3.68. The first-order valence-corrected chi connectivity index (χ1v) is 12.4. The second-order valence-electron chi connectivity index (χ2n) is 6.46. The van der Waals surface area contributed by atoms with Crippen molar-refractivity contribution in [2.75, 3.05) is 18.8 Å². The zero-order valence-electron chi connectivity index (χ0n) is 16.8. The number of benzene rings is 2. The number of sulfonamides is 1. The summed E-state index contributed by atoms with van der Waals surface area (Å²) >= 11 is 7.10. The number of rotatable bonds is 10. The molecule has 0 bridgehead atoms. The van der Waals surface area contributed by atoms with Gasteiger partial charge in [-0.1, -0.05) is 54.6 Å². The molecule has 0 fully saturated rings. The van der Waals surface area contributed by atoms with Gasteiger partial charge >= 0.3 is 0 Å². The highest BCUT2D eigenvalue weighted by molar-refractivity contribution is 7.99. The van der Waals surface area contributed by atoms with Gasteiger partial charge in [-0.2, -0.15) is 0 Å². The molecule has 0 saturated heterocycles. The minimum Gasteiger partial charge on any atom is -0.354 e. The maximum Gasteiger partial charge on any atom is 0.240 e. The predicted molar refractivity (Wildman–Crippen MR) is 121 cm³/mol. The topological polar surface area (TPSA) is 106 Å². The van der Waals surface area contributed by atoms with Crippen LogP contribution in [0.1, 0.15) is 12.5 Å². The van der Waals surface area contributed by atoms with Crippen LogP contribution >= 0.6 is 23.4 Å². The number of aromatic nitrogens is 3. The number of carbonyl (C=O) groups is 1. The number of nitrogens with zero attached hydrogens (tertiary/aromatic N) is 3. The van der Waals surface area contributed by atoms with Gasteiger partial charge in [0, 0.05) is 18.1 Å². The summed E-state index contributed by atoms with van der Waals surface area (Å²) in [6.07, 6.45) is 2.49. The minimum atomic E-state index is -3.68. The second-order valence-corrected chi connectivity index (χ2v) is 9.61. The van der Waals surface area contributed by atoms with Crippen LogP contribution in [0.2, 0.25) is 5.02 Å². The number of nitrogens with one attached hydrogen (secondary N) is 2. The molecule has 0 saturated carbocycles. The number of para-hydroxylation sites is 1. The predicted octanol–water partition coefficient (Wildman–Crippen LogP) is 2.67. The maximum absolute atomic E-state index is 12.2. The molecule has 0 atom stereocenters. The van der Waals surface area contributed by atoms with Gasteiger partial charge in [-0.15, -0.1) is 10.2 Å². The van der Waals surface area contributed by atoms with Crippen molar-refractivity contribution in [1.29, 1.82) is 0 Å². The summed E-state index contributed by atoms with van der Waals surface area (Å²) in [6, 6.07) is 13.9. The van der Waals surface area contributed by atoms with E-state index in [4.69, 9.17) is 11.6 Å². The van der Waals surface area contributed by atoms with E-state index in [1.807, 2.05) is 28.8 Å². The van der Waals surface area contributed by atoms with Gasteiger partial charge in [0.25, 0.3) is 0 Å². The number of carbonyl (C=O) groups excluding carboxylic acids is 1. The molecule has 0 spiro atoms. The highest BCUT2D eigenvalue weighted by Gasteiger charge is 2.14. The van der Waals surface area contributed by atoms with Crippen LogP contribution in [0.25, 0.3) is 5.69 Å². The van der Waals surface area contributed by atoms with Gasteiger partial charge < -0.3 is 5.32 Å². The Morgan fingerprint density at radius 2 is 1.97 bits per heavy atom. The number of halogens is 1. The molecule has 1 aromatic heterocycles. The van der Waals surface area contributed by atoms with Crippen LogP contribution < -0.4 is 10.0 Å². The molecule has 164 valence electrons. The maximum atomic E-state index is 12.2. The molecule has 0 aliphatic heterocycles. The van der Waals surface area contributed by atoms with Crippen LogP contribution in [0, 0.1) is 0 Å². The summed E-state index contributed by atoms with van der Waals surface area (Å²) in [5.74, 6) is -0.0983. The minimum absolute atomic E-state index is 0.0608. The molecule has 8 nitrogen and oxygen atoms in total. The molecule has 3 aromatic rings. The van der Waals surface area contributed by atoms with Crippen molar-refractivity contribution in [3.63, 3.8) is 0 Å². The Kier molecular flexibility index (Phi) is 8.08. The Balaban J connectivity index is 1.48. The lowest BCUT2D eigenvalue weighted by atomic mass is 10.1. The van der Waals surface area contributed by atoms with Crippen molar-refractivity contribution < 1.29 is 13.2 Å². The van der Waals surface area contributed by atoms with E-state index in [-0.39, 0.29) is 29.6 Å². The fourth-order valence-corrected chi connectivity index (χ4v) is 4.90. The number of aryl methyl sites for hydroxylation is 1. The van der Waals surface area contributed by atoms with E-state index in [1.54, 1.807) is 18.5 Å². The lowest BCUT2D eigenvalue weighted by Crippen LogP contribution is -2.35. The van der Waals surface area contributed by atoms with Crippen LogP contribution in [0.5, 0.6) is 0 Å². The fraction of sp³-hybridized carbons (Fsp3) is 0.250. The molecule has 0 radical (unpaired) electrons. The Hall–Kier alpha value is -2.40. The third-order valence-corrected chi connectivity index (χ3v) is 6.96. The van der Waals surface area contributed by atoms with Gasteiger partial charge in [-0.3, -0.25) is 9.36 Å². The number of hydrogen-bond donors (Lipinski definition) is 2. The van der Waals surface area contributed by atoms with Gasteiger partial charge in [-0.25, -0.2) is 13.1 Å². The number of thioether (sulfide) groups is 1. The van der Waals surface area contributed by atoms with E-state index in [0.717, 1.165) is 17.7 Å². The second kappa shape index (κ2) is 10.8. The largest absolute Gasteiger partial charge is 0.354 e. The zero-order valence-corrected chi connectivity index (χ0v) is 19.2. The van der Waals surface area contributed by atoms with Crippen LogP contribution in [-0.4, -0.2) is 47.9 Å². The molecule has 3 rings (SSSR count). The molecule has 0 aliphatic rings. The molecule has 1 heterocycles. The summed E-state index contributed by atoms with van der Waals surface area (Å²) in [6.45, 7) is 2.29. The number of amides is 1. The zero-order chi connectivity index (χ0) is 22.3. The average molecular weight is 480 g/mol. The quantitative estimate of drug-likeness (QED) is 0.342. The standard InChI is InChI=1S/C20H22ClN5O3S2/c1-2-15-6-3-4-9-18(15)26-14-23-25-20(26)30-13-19(27)22-10-11-24-31(28,29)17-8-5-7-16(21)12-17/h3-9,12,14,24H,2,10-11,13H2,1H3,(H,22,27). The Morgan fingerprint density at radius 3 is 2.74 bits per heavy atom. The molecule has 31 heavy (non-hydrogen) atoms. The van der Waals surface area contributed by atoms with Gasteiger partial charge in [0.05, 0.1) is 16.3 Å². The lowest BCUT2D eigenvalue weighted by Gasteiger charge is -2.11. The molecule has 1 amide bonds. The highest BCUT2D eigenvalue weighted by atomic mass is 35.5. The van der Waals surface area contributed by atoms with Crippen molar-refractivity contribution in [2.45, 2.75) is 23.4 Å². The summed E-state index contributed by atoms with van der Waals surface area (Å²) < 4.78 is 28.8. The van der Waals surface area contributed by atoms with Crippen molar-refractivity contribution in [1.82, 2.24) is 24.8 Å². The molecular weight excluding hydrogens is 458 g/mol. The molecule has 0 aliphatic carbocycles. The third-order valence-electron chi connectivity index (χ3n) is 4.33. The van der Waals surface area contributed by atoms with E-state index < -0.39 is 10.0 Å². The van der Waals surface area contributed by atoms with Gasteiger partial charge in [0.2, 0.25) is 15.9 Å². The average Bonchev–Trinajstić information content (AvgIpc) is 3.23. The Bertz CT molecular complexity index is 1150. The van der Waals surface area contributed by atoms with Crippen molar-refractivity contribution >= 4 is 39.3 Å². The Morgan fingerprint density at radius 1 is 1.16 bits per heavy atom. The van der Waals surface area contributed by atoms with Crippen LogP contribution in [0.4, 0.5) is 0 Å². The van der Waals surface area contributed by atoms with Crippen molar-refractivity contribution in [2.24, 2.45) is 0 Å². The van der Waals surface area contributed by atoms with Gasteiger partial charge in [0.15, 0.2) is 5.16 Å². The Labute approximate surface area is 190 Å².